The summed E-state index contributed by atoms with van der Waals surface area (Å²) in [6.07, 6.45) is 1.02. The van der Waals surface area contributed by atoms with E-state index in [2.05, 4.69) is 35.1 Å². The predicted octanol–water partition coefficient (Wildman–Crippen LogP) is 3.29. The van der Waals surface area contributed by atoms with Crippen molar-refractivity contribution in [3.8, 4) is 0 Å². The molecule has 78 valence electrons. The van der Waals surface area contributed by atoms with E-state index in [-0.39, 0.29) is 5.91 Å². The van der Waals surface area contributed by atoms with Crippen LogP contribution in [0.1, 0.15) is 30.6 Å². The van der Waals surface area contributed by atoms with Crippen molar-refractivity contribution in [3.63, 3.8) is 0 Å². The summed E-state index contributed by atoms with van der Waals surface area (Å²) in [5.41, 5.74) is 0.741. The van der Waals surface area contributed by atoms with Gasteiger partial charge in [-0.1, -0.05) is 13.8 Å². The van der Waals surface area contributed by atoms with E-state index >= 15 is 0 Å². The summed E-state index contributed by atoms with van der Waals surface area (Å²) >= 11 is 4.86. The Balaban J connectivity index is 2.36. The molecule has 1 N–H and O–H groups in total. The molecule has 1 rings (SSSR count). The van der Waals surface area contributed by atoms with Gasteiger partial charge in [0.15, 0.2) is 0 Å². The maximum absolute atomic E-state index is 11.5. The molecule has 1 aromatic heterocycles. The van der Waals surface area contributed by atoms with Crippen molar-refractivity contribution in [2.75, 3.05) is 6.54 Å². The number of rotatable bonds is 4. The first-order chi connectivity index (χ1) is 6.59. The van der Waals surface area contributed by atoms with Crippen molar-refractivity contribution < 1.29 is 4.79 Å². The fraction of sp³-hybridized carbons (Fsp3) is 0.500. The Bertz CT molecular complexity index is 309. The van der Waals surface area contributed by atoms with E-state index in [1.54, 1.807) is 0 Å². The molecule has 0 radical (unpaired) electrons. The second-order valence-electron chi connectivity index (χ2n) is 3.58. The van der Waals surface area contributed by atoms with Crippen LogP contribution in [0.3, 0.4) is 0 Å². The Labute approximate surface area is 96.8 Å². The van der Waals surface area contributed by atoms with Crippen LogP contribution in [0.15, 0.2) is 15.2 Å². The minimum atomic E-state index is 0.0209. The number of thiophene rings is 1. The summed E-state index contributed by atoms with van der Waals surface area (Å²) in [5.74, 6) is 0.650. The molecule has 0 bridgehead atoms. The Morgan fingerprint density at radius 2 is 2.36 bits per heavy atom. The fourth-order valence-electron chi connectivity index (χ4n) is 1.01. The van der Waals surface area contributed by atoms with Crippen LogP contribution >= 0.6 is 27.3 Å². The molecule has 0 aromatic carbocycles. The highest BCUT2D eigenvalue weighted by Gasteiger charge is 2.06. The van der Waals surface area contributed by atoms with Crippen molar-refractivity contribution in [3.05, 3.63) is 20.8 Å². The third-order valence-corrected chi connectivity index (χ3v) is 3.34. The van der Waals surface area contributed by atoms with Crippen molar-refractivity contribution >= 4 is 33.2 Å². The molecule has 1 heterocycles. The zero-order valence-electron chi connectivity index (χ0n) is 8.34. The quantitative estimate of drug-likeness (QED) is 0.898. The monoisotopic (exact) mass is 275 g/mol. The van der Waals surface area contributed by atoms with Crippen LogP contribution in [0.25, 0.3) is 0 Å². The van der Waals surface area contributed by atoms with Gasteiger partial charge in [-0.3, -0.25) is 4.79 Å². The van der Waals surface area contributed by atoms with Crippen LogP contribution in [-0.4, -0.2) is 12.5 Å². The van der Waals surface area contributed by atoms with Crippen molar-refractivity contribution in [2.24, 2.45) is 5.92 Å². The minimum absolute atomic E-state index is 0.0209. The minimum Gasteiger partial charge on any atom is -0.352 e. The molecule has 0 saturated heterocycles. The van der Waals surface area contributed by atoms with E-state index in [0.29, 0.717) is 5.92 Å². The van der Waals surface area contributed by atoms with Crippen LogP contribution < -0.4 is 5.32 Å². The Morgan fingerprint density at radius 1 is 1.64 bits per heavy atom. The third-order valence-electron chi connectivity index (χ3n) is 1.84. The Kier molecular flexibility index (Phi) is 4.62. The van der Waals surface area contributed by atoms with Gasteiger partial charge in [0.05, 0.1) is 9.35 Å². The topological polar surface area (TPSA) is 29.1 Å². The van der Waals surface area contributed by atoms with E-state index in [4.69, 9.17) is 0 Å². The molecule has 0 fully saturated rings. The summed E-state index contributed by atoms with van der Waals surface area (Å²) in [5, 5.41) is 4.75. The summed E-state index contributed by atoms with van der Waals surface area (Å²) in [4.78, 5) is 11.5. The molecule has 1 aromatic rings. The molecule has 0 aliphatic rings. The lowest BCUT2D eigenvalue weighted by molar-refractivity contribution is 0.0952. The van der Waals surface area contributed by atoms with E-state index in [0.717, 1.165) is 22.3 Å². The van der Waals surface area contributed by atoms with Gasteiger partial charge in [0.2, 0.25) is 0 Å². The summed E-state index contributed by atoms with van der Waals surface area (Å²) in [6, 6.07) is 1.84. The Hall–Kier alpha value is -0.350. The van der Waals surface area contributed by atoms with Gasteiger partial charge in [0, 0.05) is 11.9 Å². The third kappa shape index (κ3) is 3.80. The number of carbonyl (C=O) groups is 1. The Morgan fingerprint density at radius 3 is 2.86 bits per heavy atom. The zero-order chi connectivity index (χ0) is 10.6. The van der Waals surface area contributed by atoms with Crippen LogP contribution in [0, 0.1) is 5.92 Å². The molecule has 0 saturated carbocycles. The number of nitrogens with one attached hydrogen (secondary N) is 1. The van der Waals surface area contributed by atoms with E-state index in [1.807, 2.05) is 11.4 Å². The van der Waals surface area contributed by atoms with Gasteiger partial charge in [-0.2, -0.15) is 0 Å². The number of carbonyl (C=O) groups excluding carboxylic acids is 1. The smallest absolute Gasteiger partial charge is 0.252 e. The molecule has 0 aliphatic heterocycles. The highest BCUT2D eigenvalue weighted by Crippen LogP contribution is 2.20. The SMILES string of the molecule is CC(C)CCNC(=O)c1csc(Br)c1. The first-order valence-corrected chi connectivity index (χ1v) is 6.29. The maximum Gasteiger partial charge on any atom is 0.252 e. The standard InChI is InChI=1S/C10H14BrNOS/c1-7(2)3-4-12-10(13)8-5-9(11)14-6-8/h5-7H,3-4H2,1-2H3,(H,12,13). The molecule has 2 nitrogen and oxygen atoms in total. The number of hydrogen-bond donors (Lipinski definition) is 1. The number of hydrogen-bond acceptors (Lipinski definition) is 2. The largest absolute Gasteiger partial charge is 0.352 e. The van der Waals surface area contributed by atoms with Crippen LogP contribution in [-0.2, 0) is 0 Å². The van der Waals surface area contributed by atoms with Gasteiger partial charge in [-0.15, -0.1) is 11.3 Å². The molecule has 0 aliphatic carbocycles. The van der Waals surface area contributed by atoms with Crippen molar-refractivity contribution in [2.45, 2.75) is 20.3 Å². The first-order valence-electron chi connectivity index (χ1n) is 4.62. The highest BCUT2D eigenvalue weighted by molar-refractivity contribution is 9.11. The first kappa shape index (κ1) is 11.7. The molecule has 0 atom stereocenters. The average Bonchev–Trinajstić information content (AvgIpc) is 2.51. The van der Waals surface area contributed by atoms with Crippen molar-refractivity contribution in [1.82, 2.24) is 5.32 Å². The van der Waals surface area contributed by atoms with Gasteiger partial charge in [0.1, 0.15) is 0 Å². The lowest BCUT2D eigenvalue weighted by Gasteiger charge is -2.05. The summed E-state index contributed by atoms with van der Waals surface area (Å²) in [6.45, 7) is 5.05. The van der Waals surface area contributed by atoms with Gasteiger partial charge in [-0.25, -0.2) is 0 Å². The lowest BCUT2D eigenvalue weighted by atomic mass is 10.1. The second-order valence-corrected chi connectivity index (χ2v) is 5.87. The maximum atomic E-state index is 11.5. The summed E-state index contributed by atoms with van der Waals surface area (Å²) in [7, 11) is 0. The van der Waals surface area contributed by atoms with Gasteiger partial charge in [-0.05, 0) is 34.3 Å². The zero-order valence-corrected chi connectivity index (χ0v) is 10.7. The van der Waals surface area contributed by atoms with Crippen LogP contribution in [0.2, 0.25) is 0 Å². The van der Waals surface area contributed by atoms with E-state index in [9.17, 15) is 4.79 Å². The predicted molar refractivity (Wildman–Crippen MR) is 63.8 cm³/mol. The molecular weight excluding hydrogens is 262 g/mol. The molecular formula is C10H14BrNOS. The molecule has 14 heavy (non-hydrogen) atoms. The highest BCUT2D eigenvalue weighted by atomic mass is 79.9. The molecule has 4 heteroatoms. The van der Waals surface area contributed by atoms with Crippen LogP contribution in [0.5, 0.6) is 0 Å². The van der Waals surface area contributed by atoms with Crippen LogP contribution in [0.4, 0.5) is 0 Å². The lowest BCUT2D eigenvalue weighted by Crippen LogP contribution is -2.24. The molecule has 1 amide bonds. The van der Waals surface area contributed by atoms with E-state index in [1.165, 1.54) is 11.3 Å². The summed E-state index contributed by atoms with van der Waals surface area (Å²) < 4.78 is 0.992. The van der Waals surface area contributed by atoms with E-state index < -0.39 is 0 Å². The van der Waals surface area contributed by atoms with Gasteiger partial charge in [0.25, 0.3) is 5.91 Å². The average molecular weight is 276 g/mol. The number of amides is 1. The second kappa shape index (κ2) is 5.51. The number of halogens is 1. The normalized spacial score (nSPS) is 10.6. The fourth-order valence-corrected chi connectivity index (χ4v) is 2.14. The van der Waals surface area contributed by atoms with Crippen molar-refractivity contribution in [1.29, 1.82) is 0 Å². The molecule has 0 unspecified atom stereocenters. The van der Waals surface area contributed by atoms with Gasteiger partial charge < -0.3 is 5.32 Å². The molecule has 0 spiro atoms. The van der Waals surface area contributed by atoms with Gasteiger partial charge >= 0.3 is 0 Å².